The maximum Gasteiger partial charge on any atom is 0.303 e. The molecule has 0 aliphatic rings. The van der Waals surface area contributed by atoms with Gasteiger partial charge in [0.25, 0.3) is 0 Å². The van der Waals surface area contributed by atoms with E-state index in [4.69, 9.17) is 28.3 Å². The first kappa shape index (κ1) is 9.88. The zero-order valence-corrected chi connectivity index (χ0v) is 6.53. The molecule has 1 N–H and O–H groups in total. The van der Waals surface area contributed by atoms with Gasteiger partial charge in [0.2, 0.25) is 0 Å². The van der Waals surface area contributed by atoms with Crippen LogP contribution in [0.2, 0.25) is 0 Å². The van der Waals surface area contributed by atoms with Gasteiger partial charge in [-0.1, -0.05) is 29.8 Å². The molecule has 0 amide bonds. The van der Waals surface area contributed by atoms with Crippen LogP contribution in [-0.4, -0.2) is 22.1 Å². The summed E-state index contributed by atoms with van der Waals surface area (Å²) in [5.41, 5.74) is 0. The molecule has 10 heavy (non-hydrogen) atoms. The fraction of sp³-hybridized carbons (Fsp3) is 0.400. The van der Waals surface area contributed by atoms with Crippen LogP contribution >= 0.6 is 23.2 Å². The molecule has 0 aromatic rings. The molecule has 0 rings (SSSR count). The van der Waals surface area contributed by atoms with Gasteiger partial charge in [0.15, 0.2) is 0 Å². The summed E-state index contributed by atoms with van der Waals surface area (Å²) in [4.78, 5) is 3.32. The van der Waals surface area contributed by atoms with Crippen molar-refractivity contribution in [3.63, 3.8) is 0 Å². The lowest BCUT2D eigenvalue weighted by Crippen LogP contribution is -2.17. The Kier molecular flexibility index (Phi) is 3.86. The molecule has 0 aromatic carbocycles. The van der Waals surface area contributed by atoms with E-state index in [1.165, 1.54) is 6.08 Å². The highest BCUT2D eigenvalue weighted by Gasteiger charge is 2.20. The number of rotatable bonds is 3. The Hall–Kier alpha value is -0.120. The minimum absolute atomic E-state index is 0.0109. The molecule has 1 atom stereocenters. The van der Waals surface area contributed by atoms with Gasteiger partial charge in [-0.05, 0) is 6.08 Å². The Labute approximate surface area is 68.0 Å². The van der Waals surface area contributed by atoms with Crippen molar-refractivity contribution in [3.8, 4) is 0 Å². The summed E-state index contributed by atoms with van der Waals surface area (Å²) in [5.74, 6) is 0. The van der Waals surface area contributed by atoms with E-state index in [0.717, 1.165) is 0 Å². The quantitative estimate of drug-likeness (QED) is 0.527. The zero-order valence-electron chi connectivity index (χ0n) is 5.02. The summed E-state index contributed by atoms with van der Waals surface area (Å²) in [5, 5.41) is 5.46. The van der Waals surface area contributed by atoms with Crippen molar-refractivity contribution in [2.24, 2.45) is 4.99 Å². The summed E-state index contributed by atoms with van der Waals surface area (Å²) in [6.45, 7) is 2.65. The van der Waals surface area contributed by atoms with E-state index in [-0.39, 0.29) is 5.17 Å². The van der Waals surface area contributed by atoms with Gasteiger partial charge in [-0.25, -0.2) is 0 Å². The van der Waals surface area contributed by atoms with Crippen LogP contribution in [0.3, 0.4) is 0 Å². The van der Waals surface area contributed by atoms with Crippen LogP contribution in [0.4, 0.5) is 4.39 Å². The van der Waals surface area contributed by atoms with Crippen molar-refractivity contribution in [1.82, 2.24) is 0 Å². The first-order valence-electron chi connectivity index (χ1n) is 2.38. The number of hydrogen-bond acceptors (Lipinski definition) is 2. The lowest BCUT2D eigenvalue weighted by atomic mass is 10.6. The van der Waals surface area contributed by atoms with E-state index in [1.54, 1.807) is 0 Å². The monoisotopic (exact) mass is 185 g/mol. The molecule has 1 unspecified atom stereocenters. The highest BCUT2D eigenvalue weighted by molar-refractivity contribution is 6.68. The van der Waals surface area contributed by atoms with Crippen molar-refractivity contribution in [1.29, 1.82) is 0 Å². The third-order valence-electron chi connectivity index (χ3n) is 0.589. The van der Waals surface area contributed by atoms with E-state index >= 15 is 0 Å². The van der Waals surface area contributed by atoms with E-state index in [0.29, 0.717) is 0 Å². The standard InChI is InChI=1S/C5H6Cl2FNO/c1-2-4(6)9-3-5(7,8)10/h2,10H,1,3H2/b9-4+. The first-order valence-corrected chi connectivity index (χ1v) is 3.14. The van der Waals surface area contributed by atoms with Crippen LogP contribution in [0.1, 0.15) is 0 Å². The largest absolute Gasteiger partial charge is 0.348 e. The van der Waals surface area contributed by atoms with Crippen LogP contribution in [0, 0.1) is 0 Å². The molecule has 0 aliphatic carbocycles. The van der Waals surface area contributed by atoms with Crippen molar-refractivity contribution < 1.29 is 9.50 Å². The SMILES string of the molecule is C=C/C(Cl)=N\CC(O)(F)Cl. The van der Waals surface area contributed by atoms with E-state index in [2.05, 4.69) is 11.6 Å². The molecule has 0 aromatic heterocycles. The minimum Gasteiger partial charge on any atom is -0.348 e. The smallest absolute Gasteiger partial charge is 0.303 e. The average Bonchev–Trinajstić information content (AvgIpc) is 1.81. The predicted octanol–water partition coefficient (Wildman–Crippen LogP) is 1.66. The number of aliphatic hydroxyl groups is 1. The molecule has 58 valence electrons. The van der Waals surface area contributed by atoms with Crippen molar-refractivity contribution in [3.05, 3.63) is 12.7 Å². The molecular formula is C5H6Cl2FNO. The third-order valence-corrected chi connectivity index (χ3v) is 0.982. The fourth-order valence-corrected chi connectivity index (χ4v) is 0.355. The minimum atomic E-state index is -2.82. The van der Waals surface area contributed by atoms with Crippen molar-refractivity contribution in [2.45, 2.75) is 5.31 Å². The second kappa shape index (κ2) is 3.91. The highest BCUT2D eigenvalue weighted by Crippen LogP contribution is 2.12. The second-order valence-corrected chi connectivity index (χ2v) is 2.48. The molecule has 0 radical (unpaired) electrons. The first-order chi connectivity index (χ1) is 4.45. The Morgan fingerprint density at radius 3 is 2.70 bits per heavy atom. The van der Waals surface area contributed by atoms with Gasteiger partial charge >= 0.3 is 5.31 Å². The number of aliphatic imine (C=N–C) groups is 1. The van der Waals surface area contributed by atoms with Crippen LogP contribution in [-0.2, 0) is 0 Å². The Balaban J connectivity index is 3.84. The van der Waals surface area contributed by atoms with E-state index in [9.17, 15) is 4.39 Å². The Bertz CT molecular complexity index is 152. The van der Waals surface area contributed by atoms with Crippen LogP contribution in [0.25, 0.3) is 0 Å². The molecule has 0 bridgehead atoms. The summed E-state index contributed by atoms with van der Waals surface area (Å²) >= 11 is 9.99. The van der Waals surface area contributed by atoms with Crippen LogP contribution < -0.4 is 0 Å². The molecule has 0 aliphatic heterocycles. The molecule has 2 nitrogen and oxygen atoms in total. The number of nitrogens with zero attached hydrogens (tertiary/aromatic N) is 1. The van der Waals surface area contributed by atoms with Gasteiger partial charge in [-0.2, -0.15) is 4.39 Å². The van der Waals surface area contributed by atoms with E-state index < -0.39 is 11.9 Å². The zero-order chi connectivity index (χ0) is 8.20. The van der Waals surface area contributed by atoms with Gasteiger partial charge in [0, 0.05) is 0 Å². The Morgan fingerprint density at radius 2 is 2.40 bits per heavy atom. The maximum atomic E-state index is 12.0. The van der Waals surface area contributed by atoms with Crippen LogP contribution in [0.15, 0.2) is 17.6 Å². The maximum absolute atomic E-state index is 12.0. The van der Waals surface area contributed by atoms with Gasteiger partial charge in [-0.3, -0.25) is 4.99 Å². The predicted molar refractivity (Wildman–Crippen MR) is 40.3 cm³/mol. The summed E-state index contributed by atoms with van der Waals surface area (Å²) < 4.78 is 12.0. The molecule has 0 heterocycles. The fourth-order valence-electron chi connectivity index (χ4n) is 0.235. The van der Waals surface area contributed by atoms with Crippen molar-refractivity contribution in [2.75, 3.05) is 6.54 Å². The van der Waals surface area contributed by atoms with Crippen molar-refractivity contribution >= 4 is 28.4 Å². The van der Waals surface area contributed by atoms with Gasteiger partial charge in [-0.15, -0.1) is 0 Å². The summed E-state index contributed by atoms with van der Waals surface area (Å²) in [7, 11) is 0. The molecular weight excluding hydrogens is 180 g/mol. The Morgan fingerprint density at radius 1 is 1.90 bits per heavy atom. The summed E-state index contributed by atoms with van der Waals surface area (Å²) in [6.07, 6.45) is 1.21. The normalized spacial score (nSPS) is 18.2. The number of alkyl halides is 2. The third kappa shape index (κ3) is 6.01. The highest BCUT2D eigenvalue weighted by atomic mass is 35.5. The molecule has 0 saturated heterocycles. The number of allylic oxidation sites excluding steroid dienone is 1. The lowest BCUT2D eigenvalue weighted by Gasteiger charge is -2.04. The molecule has 5 heteroatoms. The van der Waals surface area contributed by atoms with Gasteiger partial charge in [0.1, 0.15) is 11.7 Å². The topological polar surface area (TPSA) is 32.6 Å². The molecule has 0 spiro atoms. The van der Waals surface area contributed by atoms with E-state index in [1.807, 2.05) is 0 Å². The lowest BCUT2D eigenvalue weighted by molar-refractivity contribution is 0.00492. The molecule has 0 saturated carbocycles. The molecule has 0 fully saturated rings. The number of halogens is 3. The van der Waals surface area contributed by atoms with Gasteiger partial charge < -0.3 is 5.11 Å². The van der Waals surface area contributed by atoms with Gasteiger partial charge in [0.05, 0.1) is 0 Å². The average molecular weight is 186 g/mol. The van der Waals surface area contributed by atoms with Crippen LogP contribution in [0.5, 0.6) is 0 Å². The summed E-state index contributed by atoms with van der Waals surface area (Å²) in [6, 6.07) is 0. The second-order valence-electron chi connectivity index (χ2n) is 1.51. The number of hydrogen-bond donors (Lipinski definition) is 1.